The summed E-state index contributed by atoms with van der Waals surface area (Å²) in [7, 11) is 0. The average Bonchev–Trinajstić information content (AvgIpc) is 2.36. The van der Waals surface area contributed by atoms with E-state index in [4.69, 9.17) is 4.74 Å². The maximum Gasteiger partial charge on any atom is 0.166 e. The smallest absolute Gasteiger partial charge is 0.166 e. The van der Waals surface area contributed by atoms with Gasteiger partial charge in [-0.2, -0.15) is 0 Å². The molecular weight excluding hydrogens is 299 g/mol. The third kappa shape index (κ3) is 3.42. The number of halogens is 2. The van der Waals surface area contributed by atoms with Crippen LogP contribution in [-0.2, 0) is 4.74 Å². The Morgan fingerprint density at radius 2 is 2.44 bits per heavy atom. The van der Waals surface area contributed by atoms with Gasteiger partial charge in [-0.05, 0) is 41.3 Å². The fraction of sp³-hybridized carbons (Fsp3) is 0.615. The van der Waals surface area contributed by atoms with Crippen molar-refractivity contribution in [1.82, 2.24) is 4.98 Å². The number of hydrogen-bond donors (Lipinski definition) is 0. The molecule has 0 aliphatic carbocycles. The minimum absolute atomic E-state index is 0.198. The van der Waals surface area contributed by atoms with E-state index in [0.717, 1.165) is 39.0 Å². The molecule has 0 radical (unpaired) electrons. The van der Waals surface area contributed by atoms with Crippen molar-refractivity contribution in [2.45, 2.75) is 32.3 Å². The highest BCUT2D eigenvalue weighted by Gasteiger charge is 2.23. The predicted octanol–water partition coefficient (Wildman–Crippen LogP) is 3.38. The molecule has 2 rings (SSSR count). The monoisotopic (exact) mass is 316 g/mol. The first-order chi connectivity index (χ1) is 8.70. The summed E-state index contributed by atoms with van der Waals surface area (Å²) in [6.45, 7) is 4.44. The zero-order chi connectivity index (χ0) is 13.0. The molecule has 3 nitrogen and oxygen atoms in total. The summed E-state index contributed by atoms with van der Waals surface area (Å²) in [5, 5.41) is 0. The molecule has 1 aromatic heterocycles. The lowest BCUT2D eigenvalue weighted by Gasteiger charge is -2.33. The highest BCUT2D eigenvalue weighted by atomic mass is 79.9. The summed E-state index contributed by atoms with van der Waals surface area (Å²) in [6, 6.07) is 1.46. The Hall–Kier alpha value is -0.680. The van der Waals surface area contributed by atoms with Crippen molar-refractivity contribution in [1.29, 1.82) is 0 Å². The van der Waals surface area contributed by atoms with Crippen LogP contribution in [0.5, 0.6) is 0 Å². The van der Waals surface area contributed by atoms with Gasteiger partial charge in [0.1, 0.15) is 0 Å². The van der Waals surface area contributed by atoms with Crippen LogP contribution in [0.4, 0.5) is 10.2 Å². The number of piperidine rings is 1. The van der Waals surface area contributed by atoms with E-state index in [0.29, 0.717) is 10.3 Å². The fourth-order valence-electron chi connectivity index (χ4n) is 2.19. The highest BCUT2D eigenvalue weighted by molar-refractivity contribution is 9.10. The van der Waals surface area contributed by atoms with Crippen molar-refractivity contribution in [2.75, 3.05) is 24.6 Å². The molecule has 1 fully saturated rings. The zero-order valence-corrected chi connectivity index (χ0v) is 12.1. The minimum Gasteiger partial charge on any atom is -0.376 e. The van der Waals surface area contributed by atoms with Gasteiger partial charge in [-0.1, -0.05) is 6.92 Å². The van der Waals surface area contributed by atoms with E-state index >= 15 is 0 Å². The third-order valence-corrected chi connectivity index (χ3v) is 3.46. The van der Waals surface area contributed by atoms with Crippen molar-refractivity contribution in [3.63, 3.8) is 0 Å². The van der Waals surface area contributed by atoms with Crippen LogP contribution in [0, 0.1) is 5.82 Å². The molecule has 0 amide bonds. The Morgan fingerprint density at radius 1 is 1.61 bits per heavy atom. The quantitative estimate of drug-likeness (QED) is 0.851. The SMILES string of the molecule is CCCOC1CCCN(c2ncc(Br)cc2F)C1. The lowest BCUT2D eigenvalue weighted by Crippen LogP contribution is -2.40. The molecule has 0 saturated carbocycles. The van der Waals surface area contributed by atoms with Crippen LogP contribution in [-0.4, -0.2) is 30.8 Å². The van der Waals surface area contributed by atoms with Gasteiger partial charge in [-0.25, -0.2) is 9.37 Å². The van der Waals surface area contributed by atoms with Crippen molar-refractivity contribution < 1.29 is 9.13 Å². The van der Waals surface area contributed by atoms with Crippen LogP contribution < -0.4 is 4.90 Å². The number of anilines is 1. The summed E-state index contributed by atoms with van der Waals surface area (Å²) < 4.78 is 20.3. The second-order valence-corrected chi connectivity index (χ2v) is 5.46. The molecule has 2 heterocycles. The molecular formula is C13H18BrFN2O. The van der Waals surface area contributed by atoms with Crippen molar-refractivity contribution in [3.8, 4) is 0 Å². The lowest BCUT2D eigenvalue weighted by atomic mass is 10.1. The zero-order valence-electron chi connectivity index (χ0n) is 10.5. The second-order valence-electron chi connectivity index (χ2n) is 4.54. The summed E-state index contributed by atoms with van der Waals surface area (Å²) in [5.41, 5.74) is 0. The molecule has 1 saturated heterocycles. The van der Waals surface area contributed by atoms with Gasteiger partial charge in [0, 0.05) is 30.4 Å². The van der Waals surface area contributed by atoms with Gasteiger partial charge in [0.25, 0.3) is 0 Å². The Balaban J connectivity index is 2.03. The van der Waals surface area contributed by atoms with Gasteiger partial charge in [0.05, 0.1) is 6.10 Å². The fourth-order valence-corrected chi connectivity index (χ4v) is 2.49. The molecule has 100 valence electrons. The van der Waals surface area contributed by atoms with E-state index in [1.165, 1.54) is 6.07 Å². The number of pyridine rings is 1. The maximum atomic E-state index is 13.8. The van der Waals surface area contributed by atoms with Gasteiger partial charge < -0.3 is 9.64 Å². The van der Waals surface area contributed by atoms with E-state index in [-0.39, 0.29) is 11.9 Å². The molecule has 0 N–H and O–H groups in total. The molecule has 18 heavy (non-hydrogen) atoms. The Labute approximate surface area is 115 Å². The number of hydrogen-bond acceptors (Lipinski definition) is 3. The topological polar surface area (TPSA) is 25.4 Å². The predicted molar refractivity (Wildman–Crippen MR) is 73.4 cm³/mol. The molecule has 1 aliphatic heterocycles. The average molecular weight is 317 g/mol. The Bertz CT molecular complexity index is 403. The van der Waals surface area contributed by atoms with E-state index in [9.17, 15) is 4.39 Å². The van der Waals surface area contributed by atoms with Crippen molar-refractivity contribution >= 4 is 21.7 Å². The Kier molecular flexibility index (Phi) is 4.95. The largest absolute Gasteiger partial charge is 0.376 e. The van der Waals surface area contributed by atoms with Crippen LogP contribution in [0.2, 0.25) is 0 Å². The van der Waals surface area contributed by atoms with E-state index in [1.807, 2.05) is 4.90 Å². The van der Waals surface area contributed by atoms with Crippen LogP contribution in [0.3, 0.4) is 0 Å². The molecule has 0 bridgehead atoms. The van der Waals surface area contributed by atoms with Gasteiger partial charge in [0.15, 0.2) is 11.6 Å². The number of aromatic nitrogens is 1. The number of nitrogens with zero attached hydrogens (tertiary/aromatic N) is 2. The maximum absolute atomic E-state index is 13.8. The molecule has 1 aliphatic rings. The summed E-state index contributed by atoms with van der Waals surface area (Å²) in [4.78, 5) is 6.14. The van der Waals surface area contributed by atoms with Crippen LogP contribution in [0.25, 0.3) is 0 Å². The van der Waals surface area contributed by atoms with Gasteiger partial charge in [0.2, 0.25) is 0 Å². The van der Waals surface area contributed by atoms with E-state index < -0.39 is 0 Å². The summed E-state index contributed by atoms with van der Waals surface area (Å²) >= 11 is 3.22. The molecule has 0 aromatic carbocycles. The standard InChI is InChI=1S/C13H18BrFN2O/c1-2-6-18-11-4-3-5-17(9-11)13-12(15)7-10(14)8-16-13/h7-8,11H,2-6,9H2,1H3. The molecule has 5 heteroatoms. The summed E-state index contributed by atoms with van der Waals surface area (Å²) in [6.07, 6.45) is 4.92. The number of rotatable bonds is 4. The van der Waals surface area contributed by atoms with Gasteiger partial charge in [-0.15, -0.1) is 0 Å². The van der Waals surface area contributed by atoms with Crippen LogP contribution in [0.1, 0.15) is 26.2 Å². The molecule has 0 spiro atoms. The van der Waals surface area contributed by atoms with Crippen molar-refractivity contribution in [2.24, 2.45) is 0 Å². The minimum atomic E-state index is -0.277. The summed E-state index contributed by atoms with van der Waals surface area (Å²) in [5.74, 6) is 0.156. The first-order valence-corrected chi connectivity index (χ1v) is 7.17. The molecule has 1 unspecified atom stereocenters. The van der Waals surface area contributed by atoms with E-state index in [1.54, 1.807) is 6.20 Å². The number of ether oxygens (including phenoxy) is 1. The second kappa shape index (κ2) is 6.48. The van der Waals surface area contributed by atoms with E-state index in [2.05, 4.69) is 27.8 Å². The normalized spacial score (nSPS) is 20.2. The highest BCUT2D eigenvalue weighted by Crippen LogP contribution is 2.24. The molecule has 1 atom stereocenters. The first-order valence-electron chi connectivity index (χ1n) is 6.38. The van der Waals surface area contributed by atoms with Crippen LogP contribution in [0.15, 0.2) is 16.7 Å². The third-order valence-electron chi connectivity index (χ3n) is 3.02. The Morgan fingerprint density at radius 3 is 3.17 bits per heavy atom. The lowest BCUT2D eigenvalue weighted by molar-refractivity contribution is 0.0438. The van der Waals surface area contributed by atoms with Gasteiger partial charge >= 0.3 is 0 Å². The van der Waals surface area contributed by atoms with Crippen LogP contribution >= 0.6 is 15.9 Å². The first kappa shape index (κ1) is 13.7. The van der Waals surface area contributed by atoms with Gasteiger partial charge in [-0.3, -0.25) is 0 Å². The molecule has 1 aromatic rings. The van der Waals surface area contributed by atoms with Crippen molar-refractivity contribution in [3.05, 3.63) is 22.6 Å².